The maximum absolute atomic E-state index is 10.7. The zero-order valence-electron chi connectivity index (χ0n) is 17.8. The largest absolute Gasteiger partial charge is 0.509 e. The number of hydrogen-bond acceptors (Lipinski definition) is 5. The molecule has 0 spiro atoms. The Hall–Kier alpha value is -2.94. The molecule has 0 amide bonds. The van der Waals surface area contributed by atoms with Crippen molar-refractivity contribution in [2.24, 2.45) is 5.92 Å². The third kappa shape index (κ3) is 5.41. The van der Waals surface area contributed by atoms with Crippen molar-refractivity contribution in [3.05, 3.63) is 81.9 Å². The number of nitriles is 1. The predicted octanol–water partition coefficient (Wildman–Crippen LogP) is 5.87. The van der Waals surface area contributed by atoms with E-state index < -0.39 is 0 Å². The van der Waals surface area contributed by atoms with Gasteiger partial charge in [0.15, 0.2) is 0 Å². The average molecular weight is 430 g/mol. The topological polar surface area (TPSA) is 60.1 Å². The van der Waals surface area contributed by atoms with Gasteiger partial charge in [0.2, 0.25) is 0 Å². The van der Waals surface area contributed by atoms with Gasteiger partial charge in [0.05, 0.1) is 12.2 Å². The molecule has 1 aliphatic heterocycles. The van der Waals surface area contributed by atoms with Crippen LogP contribution in [0.15, 0.2) is 65.7 Å². The van der Waals surface area contributed by atoms with E-state index in [0.29, 0.717) is 17.5 Å². The molecule has 5 heteroatoms. The number of aromatic nitrogens is 1. The maximum atomic E-state index is 10.7. The molecule has 0 bridgehead atoms. The molecule has 0 atom stereocenters. The van der Waals surface area contributed by atoms with Crippen LogP contribution in [0.2, 0.25) is 0 Å². The molecule has 31 heavy (non-hydrogen) atoms. The van der Waals surface area contributed by atoms with Gasteiger partial charge in [-0.05, 0) is 50.8 Å². The normalized spacial score (nSPS) is 16.0. The van der Waals surface area contributed by atoms with E-state index in [1.54, 1.807) is 0 Å². The van der Waals surface area contributed by atoms with Crippen molar-refractivity contribution in [2.45, 2.75) is 26.2 Å². The minimum atomic E-state index is 0.119. The highest BCUT2D eigenvalue weighted by molar-refractivity contribution is 7.11. The zero-order valence-corrected chi connectivity index (χ0v) is 18.6. The fraction of sp³-hybridized carbons (Fsp3) is 0.308. The molecule has 1 N–H and O–H groups in total. The van der Waals surface area contributed by atoms with Gasteiger partial charge in [-0.1, -0.05) is 60.2 Å². The van der Waals surface area contributed by atoms with Crippen LogP contribution in [-0.2, 0) is 6.42 Å². The number of aliphatic hydroxyl groups is 1. The number of hydrogen-bond donors (Lipinski definition) is 1. The molecular weight excluding hydrogens is 402 g/mol. The average Bonchev–Trinajstić information content (AvgIpc) is 3.26. The van der Waals surface area contributed by atoms with E-state index in [9.17, 15) is 10.4 Å². The van der Waals surface area contributed by atoms with E-state index in [1.807, 2.05) is 29.6 Å². The predicted molar refractivity (Wildman–Crippen MR) is 127 cm³/mol. The van der Waals surface area contributed by atoms with Gasteiger partial charge in [-0.2, -0.15) is 5.26 Å². The van der Waals surface area contributed by atoms with E-state index in [1.165, 1.54) is 22.5 Å². The number of benzene rings is 2. The van der Waals surface area contributed by atoms with Crippen LogP contribution in [0.5, 0.6) is 0 Å². The third-order valence-corrected chi connectivity index (χ3v) is 6.77. The minimum absolute atomic E-state index is 0.119. The summed E-state index contributed by atoms with van der Waals surface area (Å²) in [5.41, 5.74) is 4.73. The lowest BCUT2D eigenvalue weighted by Gasteiger charge is -2.31. The number of aryl methyl sites for hydroxylation is 1. The lowest BCUT2D eigenvalue weighted by atomic mass is 9.90. The van der Waals surface area contributed by atoms with E-state index in [2.05, 4.69) is 53.2 Å². The summed E-state index contributed by atoms with van der Waals surface area (Å²) in [4.78, 5) is 6.85. The van der Waals surface area contributed by atoms with Crippen molar-refractivity contribution in [1.29, 1.82) is 5.26 Å². The fourth-order valence-electron chi connectivity index (χ4n) is 4.07. The highest BCUT2D eigenvalue weighted by Gasteiger charge is 2.22. The van der Waals surface area contributed by atoms with Gasteiger partial charge in [-0.25, -0.2) is 4.98 Å². The van der Waals surface area contributed by atoms with Crippen LogP contribution < -0.4 is 0 Å². The Balaban J connectivity index is 1.38. The third-order valence-electron chi connectivity index (χ3n) is 5.91. The maximum Gasteiger partial charge on any atom is 0.138 e. The number of allylic oxidation sites excluding steroid dienone is 1. The van der Waals surface area contributed by atoms with Crippen LogP contribution in [0.4, 0.5) is 0 Å². The Bertz CT molecular complexity index is 1070. The fourth-order valence-corrected chi connectivity index (χ4v) is 4.91. The van der Waals surface area contributed by atoms with Crippen molar-refractivity contribution >= 4 is 16.9 Å². The van der Waals surface area contributed by atoms with Crippen LogP contribution in [0.3, 0.4) is 0 Å². The SMILES string of the molecule is Cc1ccc(-c2csc(/C(C#N)=C(\O)CN3CCC(Cc4ccccc4)CC3)n2)cc1. The molecule has 2 aromatic carbocycles. The first-order valence-electron chi connectivity index (χ1n) is 10.7. The Morgan fingerprint density at radius 1 is 1.13 bits per heavy atom. The zero-order chi connectivity index (χ0) is 21.6. The molecule has 158 valence electrons. The van der Waals surface area contributed by atoms with Crippen molar-refractivity contribution < 1.29 is 5.11 Å². The first kappa shape index (κ1) is 21.3. The van der Waals surface area contributed by atoms with Gasteiger partial charge in [-0.15, -0.1) is 11.3 Å². The Morgan fingerprint density at radius 2 is 1.84 bits per heavy atom. The van der Waals surface area contributed by atoms with Gasteiger partial charge in [0.25, 0.3) is 0 Å². The summed E-state index contributed by atoms with van der Waals surface area (Å²) in [6.45, 7) is 4.33. The van der Waals surface area contributed by atoms with Gasteiger partial charge < -0.3 is 5.11 Å². The van der Waals surface area contributed by atoms with Gasteiger partial charge in [0.1, 0.15) is 22.4 Å². The van der Waals surface area contributed by atoms with Crippen LogP contribution in [0.25, 0.3) is 16.8 Å². The number of aliphatic hydroxyl groups excluding tert-OH is 1. The molecule has 0 unspecified atom stereocenters. The second-order valence-electron chi connectivity index (χ2n) is 8.25. The summed E-state index contributed by atoms with van der Waals surface area (Å²) in [5, 5.41) is 22.9. The molecule has 3 aromatic rings. The van der Waals surface area contributed by atoms with Gasteiger partial charge in [-0.3, -0.25) is 4.90 Å². The molecule has 0 aliphatic carbocycles. The summed E-state index contributed by atoms with van der Waals surface area (Å²) in [6.07, 6.45) is 3.33. The number of rotatable bonds is 6. The smallest absolute Gasteiger partial charge is 0.138 e. The molecule has 0 radical (unpaired) electrons. The van der Waals surface area contributed by atoms with Crippen LogP contribution in [0, 0.1) is 24.2 Å². The van der Waals surface area contributed by atoms with Gasteiger partial charge >= 0.3 is 0 Å². The molecule has 1 fully saturated rings. The lowest BCUT2D eigenvalue weighted by Crippen LogP contribution is -2.35. The van der Waals surface area contributed by atoms with Crippen molar-refractivity contribution in [2.75, 3.05) is 19.6 Å². The Labute approximate surface area is 188 Å². The summed E-state index contributed by atoms with van der Waals surface area (Å²) in [6, 6.07) is 21.0. The van der Waals surface area contributed by atoms with Crippen molar-refractivity contribution in [1.82, 2.24) is 9.88 Å². The van der Waals surface area contributed by atoms with Crippen molar-refractivity contribution in [3.63, 3.8) is 0 Å². The quantitative estimate of drug-likeness (QED) is 0.393. The molecular formula is C26H27N3OS. The summed E-state index contributed by atoms with van der Waals surface area (Å²) >= 11 is 1.40. The van der Waals surface area contributed by atoms with Gasteiger partial charge in [0, 0.05) is 10.9 Å². The molecule has 1 aromatic heterocycles. The number of likely N-dealkylation sites (tertiary alicyclic amines) is 1. The molecule has 1 saturated heterocycles. The first-order chi connectivity index (χ1) is 15.1. The second-order valence-corrected chi connectivity index (χ2v) is 9.10. The number of piperidine rings is 1. The minimum Gasteiger partial charge on any atom is -0.509 e. The Kier molecular flexibility index (Phi) is 6.81. The van der Waals surface area contributed by atoms with E-state index >= 15 is 0 Å². The summed E-state index contributed by atoms with van der Waals surface area (Å²) in [7, 11) is 0. The monoisotopic (exact) mass is 429 g/mol. The van der Waals surface area contributed by atoms with E-state index in [-0.39, 0.29) is 11.3 Å². The van der Waals surface area contributed by atoms with Crippen molar-refractivity contribution in [3.8, 4) is 17.3 Å². The summed E-state index contributed by atoms with van der Waals surface area (Å²) in [5.74, 6) is 0.796. The van der Waals surface area contributed by atoms with E-state index in [0.717, 1.165) is 43.6 Å². The summed E-state index contributed by atoms with van der Waals surface area (Å²) < 4.78 is 0. The highest BCUT2D eigenvalue weighted by atomic mass is 32.1. The van der Waals surface area contributed by atoms with Crippen LogP contribution >= 0.6 is 11.3 Å². The first-order valence-corrected chi connectivity index (χ1v) is 11.6. The van der Waals surface area contributed by atoms with E-state index in [4.69, 9.17) is 0 Å². The Morgan fingerprint density at radius 3 is 2.52 bits per heavy atom. The second kappa shape index (κ2) is 9.91. The van der Waals surface area contributed by atoms with Crippen LogP contribution in [-0.4, -0.2) is 34.6 Å². The molecule has 2 heterocycles. The van der Waals surface area contributed by atoms with Crippen LogP contribution in [0.1, 0.15) is 29.0 Å². The molecule has 4 rings (SSSR count). The lowest BCUT2D eigenvalue weighted by molar-refractivity contribution is 0.177. The standard InChI is InChI=1S/C26H27N3OS/c1-19-7-9-22(10-8-19)24-18-31-26(28-24)23(16-27)25(30)17-29-13-11-21(12-14-29)15-20-5-3-2-4-6-20/h2-10,18,21,30H,11-15,17H2,1H3/b25-23-. The highest BCUT2D eigenvalue weighted by Crippen LogP contribution is 2.28. The number of thiazole rings is 1. The molecule has 4 nitrogen and oxygen atoms in total. The number of nitrogens with zero attached hydrogens (tertiary/aromatic N) is 3. The molecule has 1 aliphatic rings. The molecule has 0 saturated carbocycles.